The van der Waals surface area contributed by atoms with Crippen molar-refractivity contribution in [2.24, 2.45) is 0 Å². The molecule has 1 N–H and O–H groups in total. The first-order valence-electron chi connectivity index (χ1n) is 6.13. The highest BCUT2D eigenvalue weighted by molar-refractivity contribution is 7.85. The summed E-state index contributed by atoms with van der Waals surface area (Å²) in [5.41, 5.74) is 0. The minimum Gasteiger partial charge on any atom is -0.374 e. The highest BCUT2D eigenvalue weighted by atomic mass is 32.2. The highest BCUT2D eigenvalue weighted by Crippen LogP contribution is 2.19. The molecule has 0 saturated heterocycles. The summed E-state index contributed by atoms with van der Waals surface area (Å²) >= 11 is 0. The van der Waals surface area contributed by atoms with Crippen molar-refractivity contribution < 1.29 is 26.2 Å². The van der Waals surface area contributed by atoms with Crippen molar-refractivity contribution in [3.63, 3.8) is 0 Å². The average molecular weight is 311 g/mol. The van der Waals surface area contributed by atoms with Gasteiger partial charge in [0.05, 0.1) is 18.4 Å². The molecule has 7 nitrogen and oxygen atoms in total. The first-order valence-corrected chi connectivity index (χ1v) is 9.67. The van der Waals surface area contributed by atoms with Crippen LogP contribution in [0.15, 0.2) is 0 Å². The van der Waals surface area contributed by atoms with Crippen molar-refractivity contribution in [3.8, 4) is 6.07 Å². The Kier molecular flexibility index (Phi) is 9.16. The van der Waals surface area contributed by atoms with E-state index in [-0.39, 0.29) is 6.61 Å². The summed E-state index contributed by atoms with van der Waals surface area (Å²) in [6, 6.07) is 2.48. The lowest BCUT2D eigenvalue weighted by atomic mass is 10.4. The van der Waals surface area contributed by atoms with Crippen LogP contribution in [0, 0.1) is 11.3 Å². The van der Waals surface area contributed by atoms with E-state index in [4.69, 9.17) is 23.1 Å². The maximum atomic E-state index is 10.7. The second kappa shape index (κ2) is 9.41. The first kappa shape index (κ1) is 18.5. The van der Waals surface area contributed by atoms with Crippen LogP contribution < -0.4 is 0 Å². The molecule has 0 bridgehead atoms. The molecule has 0 atom stereocenters. The molecule has 0 heterocycles. The number of nitrogens with zero attached hydrogens (tertiary/aromatic N) is 1. The zero-order chi connectivity index (χ0) is 14.8. The fraction of sp³-hybridized carbons (Fsp3) is 0.900. The van der Waals surface area contributed by atoms with Crippen molar-refractivity contribution in [2.75, 3.05) is 25.6 Å². The Labute approximate surface area is 115 Å². The van der Waals surface area contributed by atoms with Crippen LogP contribution in [0.2, 0.25) is 6.04 Å². The van der Waals surface area contributed by atoms with E-state index in [0.717, 1.165) is 0 Å². The monoisotopic (exact) mass is 311 g/mol. The van der Waals surface area contributed by atoms with E-state index in [1.807, 2.05) is 6.07 Å². The standard InChI is InChI=1S/C10H21NO6SSi/c1-3-15-19(16-4-2,10-6-5-7-11)17-8-9-18(12,13)14/h3-6,8-10H2,1-2H3,(H,12,13,14). The van der Waals surface area contributed by atoms with Crippen molar-refractivity contribution in [2.45, 2.75) is 32.7 Å². The molecular formula is C10H21NO6SSi. The number of nitriles is 1. The third-order valence-electron chi connectivity index (χ3n) is 2.16. The third-order valence-corrected chi connectivity index (χ3v) is 5.91. The summed E-state index contributed by atoms with van der Waals surface area (Å²) < 4.78 is 46.5. The average Bonchev–Trinajstić information content (AvgIpc) is 2.28. The van der Waals surface area contributed by atoms with E-state index in [1.54, 1.807) is 13.8 Å². The lowest BCUT2D eigenvalue weighted by molar-refractivity contribution is 0.0712. The van der Waals surface area contributed by atoms with Gasteiger partial charge in [0, 0.05) is 25.7 Å². The molecule has 0 amide bonds. The van der Waals surface area contributed by atoms with Gasteiger partial charge in [-0.1, -0.05) is 0 Å². The summed E-state index contributed by atoms with van der Waals surface area (Å²) in [6.45, 7) is 4.15. The third kappa shape index (κ3) is 9.09. The molecule has 0 aromatic carbocycles. The van der Waals surface area contributed by atoms with Crippen LogP contribution >= 0.6 is 0 Å². The molecule has 0 fully saturated rings. The van der Waals surface area contributed by atoms with Gasteiger partial charge in [-0.3, -0.25) is 4.55 Å². The smallest absolute Gasteiger partial charge is 0.374 e. The first-order chi connectivity index (χ1) is 8.89. The van der Waals surface area contributed by atoms with Gasteiger partial charge in [-0.25, -0.2) is 0 Å². The highest BCUT2D eigenvalue weighted by Gasteiger charge is 2.40. The van der Waals surface area contributed by atoms with Gasteiger partial charge in [-0.2, -0.15) is 13.7 Å². The predicted molar refractivity (Wildman–Crippen MR) is 71.0 cm³/mol. The van der Waals surface area contributed by atoms with Gasteiger partial charge >= 0.3 is 8.80 Å². The molecule has 0 aliphatic rings. The lowest BCUT2D eigenvalue weighted by Gasteiger charge is -2.28. The Morgan fingerprint density at radius 3 is 2.21 bits per heavy atom. The number of unbranched alkanes of at least 4 members (excludes halogenated alkanes) is 1. The number of rotatable bonds is 11. The van der Waals surface area contributed by atoms with Gasteiger partial charge in [0.25, 0.3) is 10.1 Å². The topological polar surface area (TPSA) is 106 Å². The Bertz CT molecular complexity index is 374. The molecule has 0 aliphatic carbocycles. The fourth-order valence-electron chi connectivity index (χ4n) is 1.47. The van der Waals surface area contributed by atoms with Gasteiger partial charge in [0.2, 0.25) is 0 Å². The fourth-order valence-corrected chi connectivity index (χ4v) is 4.50. The van der Waals surface area contributed by atoms with Crippen molar-refractivity contribution in [3.05, 3.63) is 0 Å². The van der Waals surface area contributed by atoms with Crippen molar-refractivity contribution in [1.29, 1.82) is 5.26 Å². The number of hydrogen-bond acceptors (Lipinski definition) is 6. The molecule has 19 heavy (non-hydrogen) atoms. The summed E-state index contributed by atoms with van der Waals surface area (Å²) in [4.78, 5) is 0. The second-order valence-corrected chi connectivity index (χ2v) is 8.00. The summed E-state index contributed by atoms with van der Waals surface area (Å²) in [6.07, 6.45) is 0.922. The minimum atomic E-state index is -4.07. The van der Waals surface area contributed by atoms with Crippen LogP contribution in [-0.4, -0.2) is 47.3 Å². The molecule has 0 rings (SSSR count). The number of hydrogen-bond donors (Lipinski definition) is 1. The molecule has 0 unspecified atom stereocenters. The Morgan fingerprint density at radius 1 is 1.21 bits per heavy atom. The Balaban J connectivity index is 4.55. The molecule has 0 aromatic rings. The van der Waals surface area contributed by atoms with Gasteiger partial charge < -0.3 is 13.3 Å². The van der Waals surface area contributed by atoms with E-state index >= 15 is 0 Å². The normalized spacial score (nSPS) is 12.3. The van der Waals surface area contributed by atoms with E-state index in [1.165, 1.54) is 0 Å². The van der Waals surface area contributed by atoms with Crippen LogP contribution in [0.25, 0.3) is 0 Å². The zero-order valence-corrected chi connectivity index (χ0v) is 13.1. The van der Waals surface area contributed by atoms with Crippen molar-refractivity contribution >= 4 is 18.9 Å². The predicted octanol–water partition coefficient (Wildman–Crippen LogP) is 1.21. The maximum Gasteiger partial charge on any atom is 0.501 e. The van der Waals surface area contributed by atoms with Crippen LogP contribution in [0.4, 0.5) is 0 Å². The summed E-state index contributed by atoms with van der Waals surface area (Å²) in [5.74, 6) is -0.500. The maximum absolute atomic E-state index is 10.7. The molecular weight excluding hydrogens is 290 g/mol. The van der Waals surface area contributed by atoms with E-state index < -0.39 is 24.7 Å². The second-order valence-electron chi connectivity index (χ2n) is 3.70. The lowest BCUT2D eigenvalue weighted by Crippen LogP contribution is -2.46. The Hall–Kier alpha value is -0.503. The minimum absolute atomic E-state index is 0.183. The molecule has 0 aromatic heterocycles. The molecule has 0 radical (unpaired) electrons. The zero-order valence-electron chi connectivity index (χ0n) is 11.3. The summed E-state index contributed by atoms with van der Waals surface area (Å²) in [7, 11) is -7.03. The SMILES string of the molecule is CCO[Si](CCCC#N)(OCC)OCCS(=O)(=O)O. The van der Waals surface area contributed by atoms with Crippen molar-refractivity contribution in [1.82, 2.24) is 0 Å². The van der Waals surface area contributed by atoms with E-state index in [2.05, 4.69) is 0 Å². The van der Waals surface area contributed by atoms with Gasteiger partial charge in [0.1, 0.15) is 0 Å². The molecule has 0 aliphatic heterocycles. The molecule has 9 heteroatoms. The van der Waals surface area contributed by atoms with Crippen LogP contribution in [0.1, 0.15) is 26.7 Å². The molecule has 0 spiro atoms. The van der Waals surface area contributed by atoms with E-state index in [9.17, 15) is 8.42 Å². The van der Waals surface area contributed by atoms with Gasteiger partial charge in [-0.05, 0) is 20.3 Å². The van der Waals surface area contributed by atoms with Gasteiger partial charge in [-0.15, -0.1) is 0 Å². The van der Waals surface area contributed by atoms with Crippen LogP contribution in [0.3, 0.4) is 0 Å². The Morgan fingerprint density at radius 2 is 1.79 bits per heavy atom. The molecule has 112 valence electrons. The quantitative estimate of drug-likeness (QED) is 0.347. The molecule has 0 saturated carbocycles. The largest absolute Gasteiger partial charge is 0.501 e. The van der Waals surface area contributed by atoms with E-state index in [0.29, 0.717) is 32.1 Å². The van der Waals surface area contributed by atoms with Gasteiger partial charge in [0.15, 0.2) is 0 Å². The van der Waals surface area contributed by atoms with Crippen LogP contribution in [-0.2, 0) is 23.4 Å². The summed E-state index contributed by atoms with van der Waals surface area (Å²) in [5, 5.41) is 8.54. The van der Waals surface area contributed by atoms with Crippen LogP contribution in [0.5, 0.6) is 0 Å².